The Balaban J connectivity index is 1.14. The first-order chi connectivity index (χ1) is 25.3. The van der Waals surface area contributed by atoms with E-state index in [1.54, 1.807) is 0 Å². The van der Waals surface area contributed by atoms with Gasteiger partial charge < -0.3 is 13.6 Å². The van der Waals surface area contributed by atoms with Gasteiger partial charge in [-0.2, -0.15) is 0 Å². The summed E-state index contributed by atoms with van der Waals surface area (Å²) in [5.41, 5.74) is 13.6. The van der Waals surface area contributed by atoms with Crippen LogP contribution in [0.1, 0.15) is 0 Å². The largest absolute Gasteiger partial charge is 0.456 e. The van der Waals surface area contributed by atoms with Gasteiger partial charge in [0.2, 0.25) is 0 Å². The van der Waals surface area contributed by atoms with Gasteiger partial charge in [0.05, 0.1) is 33.1 Å². The fourth-order valence-corrected chi connectivity index (χ4v) is 8.31. The third-order valence-electron chi connectivity index (χ3n) is 10.5. The molecule has 11 aromatic rings. The zero-order valence-electron chi connectivity index (χ0n) is 27.6. The molecule has 51 heavy (non-hydrogen) atoms. The van der Waals surface area contributed by atoms with Crippen LogP contribution in [0, 0.1) is 0 Å². The summed E-state index contributed by atoms with van der Waals surface area (Å²) in [6.45, 7) is 0. The SMILES string of the molecule is c1ccc(-c2cccc3oc4cccc(-n5c6ccccc6c6cc(-c7ccc8c(c7)c7ccccc7n8-c7ccccc7)ccc65)c4c23)cc1. The van der Waals surface area contributed by atoms with E-state index in [1.165, 1.54) is 71.6 Å². The van der Waals surface area contributed by atoms with Crippen molar-refractivity contribution in [1.29, 1.82) is 0 Å². The first kappa shape index (κ1) is 28.0. The molecular formula is C48H30N2O. The molecule has 0 amide bonds. The Morgan fingerprint density at radius 3 is 1.55 bits per heavy atom. The molecule has 0 saturated heterocycles. The monoisotopic (exact) mass is 650 g/mol. The van der Waals surface area contributed by atoms with E-state index in [1.807, 2.05) is 0 Å². The molecule has 0 saturated carbocycles. The van der Waals surface area contributed by atoms with Crippen LogP contribution in [0.2, 0.25) is 0 Å². The maximum atomic E-state index is 6.53. The summed E-state index contributed by atoms with van der Waals surface area (Å²) in [4.78, 5) is 0. The molecule has 0 bridgehead atoms. The molecule has 0 aliphatic heterocycles. The lowest BCUT2D eigenvalue weighted by Gasteiger charge is -2.11. The molecule has 0 N–H and O–H groups in total. The number of para-hydroxylation sites is 3. The third kappa shape index (κ3) is 4.12. The van der Waals surface area contributed by atoms with E-state index in [2.05, 4.69) is 191 Å². The minimum absolute atomic E-state index is 0.886. The lowest BCUT2D eigenvalue weighted by molar-refractivity contribution is 0.669. The number of hydrogen-bond donors (Lipinski definition) is 0. The van der Waals surface area contributed by atoms with E-state index in [4.69, 9.17) is 4.42 Å². The highest BCUT2D eigenvalue weighted by atomic mass is 16.3. The van der Waals surface area contributed by atoms with Crippen molar-refractivity contribution in [1.82, 2.24) is 9.13 Å². The predicted molar refractivity (Wildman–Crippen MR) is 213 cm³/mol. The quantitative estimate of drug-likeness (QED) is 0.186. The van der Waals surface area contributed by atoms with Gasteiger partial charge in [0, 0.05) is 32.6 Å². The van der Waals surface area contributed by atoms with E-state index in [9.17, 15) is 0 Å². The molecule has 3 aromatic heterocycles. The summed E-state index contributed by atoms with van der Waals surface area (Å²) >= 11 is 0. The summed E-state index contributed by atoms with van der Waals surface area (Å²) < 4.78 is 11.3. The first-order valence-electron chi connectivity index (χ1n) is 17.4. The highest BCUT2D eigenvalue weighted by Gasteiger charge is 2.20. The van der Waals surface area contributed by atoms with Gasteiger partial charge in [-0.1, -0.05) is 115 Å². The van der Waals surface area contributed by atoms with Crippen LogP contribution in [0.4, 0.5) is 0 Å². The lowest BCUT2D eigenvalue weighted by Crippen LogP contribution is -1.95. The van der Waals surface area contributed by atoms with E-state index in [0.29, 0.717) is 0 Å². The summed E-state index contributed by atoms with van der Waals surface area (Å²) in [5, 5.41) is 7.22. The molecule has 0 atom stereocenters. The molecule has 8 aromatic carbocycles. The number of benzene rings is 8. The molecule has 238 valence electrons. The average molecular weight is 651 g/mol. The van der Waals surface area contributed by atoms with Crippen molar-refractivity contribution in [3.8, 4) is 33.6 Å². The second kappa shape index (κ2) is 10.8. The standard InChI is InChI=1S/C48H30N2O/c1-3-13-31(14-4-1)35-19-11-23-45-47(35)48-44(22-12-24-46(48)51-45)50-41-21-10-8-18-37(41)39-30-33(26-28-43(39)50)32-25-27-42-38(29-32)36-17-7-9-20-40(36)49(42)34-15-5-2-6-16-34/h1-30H. The van der Waals surface area contributed by atoms with Gasteiger partial charge in [-0.15, -0.1) is 0 Å². The molecule has 3 heterocycles. The average Bonchev–Trinajstić information content (AvgIpc) is 3.86. The molecule has 0 aliphatic carbocycles. The Kier molecular flexibility index (Phi) is 5.96. The lowest BCUT2D eigenvalue weighted by atomic mass is 9.98. The molecular weight excluding hydrogens is 621 g/mol. The van der Waals surface area contributed by atoms with Gasteiger partial charge in [0.25, 0.3) is 0 Å². The van der Waals surface area contributed by atoms with Crippen molar-refractivity contribution in [3.05, 3.63) is 182 Å². The van der Waals surface area contributed by atoms with Crippen LogP contribution >= 0.6 is 0 Å². The van der Waals surface area contributed by atoms with Crippen molar-refractivity contribution in [2.75, 3.05) is 0 Å². The molecule has 11 rings (SSSR count). The Hall–Kier alpha value is -6.84. The second-order valence-corrected chi connectivity index (χ2v) is 13.3. The van der Waals surface area contributed by atoms with Crippen molar-refractivity contribution in [2.45, 2.75) is 0 Å². The molecule has 0 unspecified atom stereocenters. The van der Waals surface area contributed by atoms with Crippen LogP contribution in [0.25, 0.3) is 99.2 Å². The van der Waals surface area contributed by atoms with Crippen LogP contribution in [-0.4, -0.2) is 9.13 Å². The Morgan fingerprint density at radius 2 is 0.863 bits per heavy atom. The minimum atomic E-state index is 0.886. The highest BCUT2D eigenvalue weighted by Crippen LogP contribution is 2.43. The Morgan fingerprint density at radius 1 is 0.333 bits per heavy atom. The predicted octanol–water partition coefficient (Wildman–Crippen LogP) is 13.1. The Labute approximate surface area is 293 Å². The van der Waals surface area contributed by atoms with E-state index >= 15 is 0 Å². The van der Waals surface area contributed by atoms with Crippen LogP contribution in [0.15, 0.2) is 186 Å². The van der Waals surface area contributed by atoms with Gasteiger partial charge >= 0.3 is 0 Å². The van der Waals surface area contributed by atoms with Crippen molar-refractivity contribution >= 4 is 65.6 Å². The maximum Gasteiger partial charge on any atom is 0.137 e. The minimum Gasteiger partial charge on any atom is -0.456 e. The highest BCUT2D eigenvalue weighted by molar-refractivity contribution is 6.18. The fraction of sp³-hybridized carbons (Fsp3) is 0. The zero-order chi connectivity index (χ0) is 33.5. The molecule has 3 heteroatoms. The van der Waals surface area contributed by atoms with E-state index in [0.717, 1.165) is 27.6 Å². The zero-order valence-corrected chi connectivity index (χ0v) is 27.6. The normalized spacial score (nSPS) is 11.9. The van der Waals surface area contributed by atoms with Gasteiger partial charge in [-0.3, -0.25) is 0 Å². The summed E-state index contributed by atoms with van der Waals surface area (Å²) in [6, 6.07) is 65.4. The number of furan rings is 1. The fourth-order valence-electron chi connectivity index (χ4n) is 8.31. The van der Waals surface area contributed by atoms with Crippen LogP contribution in [0.5, 0.6) is 0 Å². The topological polar surface area (TPSA) is 23.0 Å². The molecule has 0 fully saturated rings. The van der Waals surface area contributed by atoms with Gasteiger partial charge in [-0.05, 0) is 89.0 Å². The Bertz CT molecular complexity index is 3130. The van der Waals surface area contributed by atoms with Gasteiger partial charge in [0.15, 0.2) is 0 Å². The van der Waals surface area contributed by atoms with Crippen LogP contribution < -0.4 is 0 Å². The summed E-state index contributed by atoms with van der Waals surface area (Å²) in [6.07, 6.45) is 0. The van der Waals surface area contributed by atoms with Crippen LogP contribution in [0.3, 0.4) is 0 Å². The first-order valence-corrected chi connectivity index (χ1v) is 17.4. The summed E-state index contributed by atoms with van der Waals surface area (Å²) in [5.74, 6) is 0. The van der Waals surface area contributed by atoms with Gasteiger partial charge in [0.1, 0.15) is 11.2 Å². The number of rotatable bonds is 4. The van der Waals surface area contributed by atoms with Crippen molar-refractivity contribution in [3.63, 3.8) is 0 Å². The van der Waals surface area contributed by atoms with Gasteiger partial charge in [-0.25, -0.2) is 0 Å². The number of hydrogen-bond acceptors (Lipinski definition) is 1. The van der Waals surface area contributed by atoms with Crippen LogP contribution in [-0.2, 0) is 0 Å². The summed E-state index contributed by atoms with van der Waals surface area (Å²) in [7, 11) is 0. The number of aromatic nitrogens is 2. The number of fused-ring (bicyclic) bond motifs is 9. The second-order valence-electron chi connectivity index (χ2n) is 13.3. The molecule has 0 spiro atoms. The third-order valence-corrected chi connectivity index (χ3v) is 10.5. The van der Waals surface area contributed by atoms with E-state index < -0.39 is 0 Å². The van der Waals surface area contributed by atoms with E-state index in [-0.39, 0.29) is 0 Å². The number of nitrogens with zero attached hydrogens (tertiary/aromatic N) is 2. The molecule has 0 radical (unpaired) electrons. The maximum absolute atomic E-state index is 6.53. The molecule has 0 aliphatic rings. The molecule has 3 nitrogen and oxygen atoms in total. The van der Waals surface area contributed by atoms with Crippen molar-refractivity contribution in [2.24, 2.45) is 0 Å². The smallest absolute Gasteiger partial charge is 0.137 e. The van der Waals surface area contributed by atoms with Crippen molar-refractivity contribution < 1.29 is 4.42 Å².